The van der Waals surface area contributed by atoms with Crippen LogP contribution in [0, 0.1) is 0 Å². The highest BCUT2D eigenvalue weighted by Gasteiger charge is 2.17. The molecule has 0 saturated heterocycles. The molecule has 1 heterocycles. The van der Waals surface area contributed by atoms with Crippen molar-refractivity contribution in [3.05, 3.63) is 46.3 Å². The second-order valence-corrected chi connectivity index (χ2v) is 4.10. The maximum atomic E-state index is 11.6. The zero-order valence-corrected chi connectivity index (χ0v) is 9.80. The molecule has 2 aromatic rings. The van der Waals surface area contributed by atoms with Gasteiger partial charge in [-0.2, -0.15) is 12.6 Å². The van der Waals surface area contributed by atoms with Crippen molar-refractivity contribution in [3.63, 3.8) is 0 Å². The lowest BCUT2D eigenvalue weighted by Gasteiger charge is -2.16. The van der Waals surface area contributed by atoms with E-state index < -0.39 is 12.2 Å². The summed E-state index contributed by atoms with van der Waals surface area (Å²) in [4.78, 5) is 11.6. The minimum Gasteiger partial charge on any atom is -0.464 e. The van der Waals surface area contributed by atoms with Crippen LogP contribution in [0.25, 0.3) is 11.0 Å². The third-order valence-corrected chi connectivity index (χ3v) is 2.95. The first-order chi connectivity index (χ1) is 8.13. The van der Waals surface area contributed by atoms with Crippen molar-refractivity contribution in [2.24, 2.45) is 0 Å². The van der Waals surface area contributed by atoms with Crippen LogP contribution in [0.1, 0.15) is 11.7 Å². The molecule has 5 heteroatoms. The van der Waals surface area contributed by atoms with Crippen LogP contribution in [-0.4, -0.2) is 22.1 Å². The van der Waals surface area contributed by atoms with E-state index in [1.807, 2.05) is 0 Å². The van der Waals surface area contributed by atoms with Crippen LogP contribution in [-0.2, 0) is 0 Å². The summed E-state index contributed by atoms with van der Waals surface area (Å²) in [5.41, 5.74) is 0.743. The Morgan fingerprint density at radius 1 is 1.29 bits per heavy atom. The van der Waals surface area contributed by atoms with Gasteiger partial charge in [-0.15, -0.1) is 0 Å². The van der Waals surface area contributed by atoms with Gasteiger partial charge in [-0.05, 0) is 17.7 Å². The standard InChI is InChI=1S/C12H12O4S/c13-9-3-4-16-11-2-1-7(5-8(9)11)12(15)10(14)6-17/h1-5,10,12,14-15,17H,6H2. The van der Waals surface area contributed by atoms with Gasteiger partial charge in [0.2, 0.25) is 0 Å². The molecule has 1 aromatic carbocycles. The molecule has 2 atom stereocenters. The van der Waals surface area contributed by atoms with Crippen molar-refractivity contribution < 1.29 is 14.6 Å². The Morgan fingerprint density at radius 3 is 2.76 bits per heavy atom. The number of fused-ring (bicyclic) bond motifs is 1. The van der Waals surface area contributed by atoms with Crippen LogP contribution in [0.2, 0.25) is 0 Å². The molecule has 17 heavy (non-hydrogen) atoms. The van der Waals surface area contributed by atoms with Gasteiger partial charge < -0.3 is 14.6 Å². The number of benzene rings is 1. The third kappa shape index (κ3) is 2.36. The molecule has 2 N–H and O–H groups in total. The van der Waals surface area contributed by atoms with Crippen molar-refractivity contribution >= 4 is 23.6 Å². The molecule has 2 unspecified atom stereocenters. The van der Waals surface area contributed by atoms with Crippen molar-refractivity contribution in [2.75, 3.05) is 5.75 Å². The van der Waals surface area contributed by atoms with Crippen molar-refractivity contribution in [3.8, 4) is 0 Å². The van der Waals surface area contributed by atoms with Crippen LogP contribution in [0.15, 0.2) is 39.7 Å². The van der Waals surface area contributed by atoms with Gasteiger partial charge >= 0.3 is 0 Å². The molecule has 0 spiro atoms. The van der Waals surface area contributed by atoms with E-state index in [1.165, 1.54) is 18.4 Å². The number of thiol groups is 1. The van der Waals surface area contributed by atoms with Gasteiger partial charge in [-0.3, -0.25) is 4.79 Å². The summed E-state index contributed by atoms with van der Waals surface area (Å²) in [5.74, 6) is 0.141. The van der Waals surface area contributed by atoms with Crippen LogP contribution >= 0.6 is 12.6 Å². The van der Waals surface area contributed by atoms with Crippen LogP contribution in [0.5, 0.6) is 0 Å². The first kappa shape index (κ1) is 12.2. The Hall–Kier alpha value is -1.30. The molecule has 0 fully saturated rings. The van der Waals surface area contributed by atoms with E-state index in [1.54, 1.807) is 12.1 Å². The molecular weight excluding hydrogens is 240 g/mol. The summed E-state index contributed by atoms with van der Waals surface area (Å²) in [6.45, 7) is 0. The fraction of sp³-hybridized carbons (Fsp3) is 0.250. The lowest BCUT2D eigenvalue weighted by atomic mass is 10.0. The number of hydrogen-bond acceptors (Lipinski definition) is 5. The average molecular weight is 252 g/mol. The van der Waals surface area contributed by atoms with E-state index in [0.717, 1.165) is 0 Å². The van der Waals surface area contributed by atoms with Gasteiger partial charge in [0.1, 0.15) is 11.7 Å². The van der Waals surface area contributed by atoms with Crippen LogP contribution in [0.3, 0.4) is 0 Å². The number of aliphatic hydroxyl groups is 2. The minimum atomic E-state index is -1.06. The topological polar surface area (TPSA) is 70.7 Å². The predicted octanol–water partition coefficient (Wildman–Crippen LogP) is 1.12. The fourth-order valence-electron chi connectivity index (χ4n) is 1.61. The molecule has 0 saturated carbocycles. The lowest BCUT2D eigenvalue weighted by molar-refractivity contribution is 0.0338. The SMILES string of the molecule is O=c1ccoc2ccc(C(O)C(O)CS)cc12. The van der Waals surface area contributed by atoms with E-state index in [9.17, 15) is 15.0 Å². The zero-order valence-electron chi connectivity index (χ0n) is 8.91. The van der Waals surface area contributed by atoms with E-state index in [-0.39, 0.29) is 11.2 Å². The van der Waals surface area contributed by atoms with Crippen molar-refractivity contribution in [1.29, 1.82) is 0 Å². The van der Waals surface area contributed by atoms with Gasteiger partial charge in [-0.1, -0.05) is 6.07 Å². The molecule has 0 aliphatic heterocycles. The second kappa shape index (κ2) is 4.91. The Morgan fingerprint density at radius 2 is 2.06 bits per heavy atom. The normalized spacial score (nSPS) is 14.8. The molecule has 0 aliphatic rings. The highest BCUT2D eigenvalue weighted by Crippen LogP contribution is 2.21. The van der Waals surface area contributed by atoms with Crippen molar-refractivity contribution in [2.45, 2.75) is 12.2 Å². The average Bonchev–Trinajstić information content (AvgIpc) is 2.37. The minimum absolute atomic E-state index is 0.141. The Labute approximate surface area is 103 Å². The summed E-state index contributed by atoms with van der Waals surface area (Å²) < 4.78 is 5.15. The molecule has 1 aromatic heterocycles. The van der Waals surface area contributed by atoms with Gasteiger partial charge in [0.05, 0.1) is 17.8 Å². The third-order valence-electron chi connectivity index (χ3n) is 2.58. The van der Waals surface area contributed by atoms with Gasteiger partial charge in [0.15, 0.2) is 5.43 Å². The van der Waals surface area contributed by atoms with Crippen molar-refractivity contribution in [1.82, 2.24) is 0 Å². The molecule has 0 bridgehead atoms. The maximum Gasteiger partial charge on any atom is 0.192 e. The Kier molecular flexibility index (Phi) is 3.51. The number of rotatable bonds is 3. The highest BCUT2D eigenvalue weighted by molar-refractivity contribution is 7.80. The zero-order chi connectivity index (χ0) is 12.4. The largest absolute Gasteiger partial charge is 0.464 e. The van der Waals surface area contributed by atoms with Gasteiger partial charge in [0.25, 0.3) is 0 Å². The molecule has 2 rings (SSSR count). The van der Waals surface area contributed by atoms with E-state index in [0.29, 0.717) is 16.5 Å². The van der Waals surface area contributed by atoms with E-state index in [2.05, 4.69) is 12.6 Å². The number of aliphatic hydroxyl groups excluding tert-OH is 2. The smallest absolute Gasteiger partial charge is 0.192 e. The monoisotopic (exact) mass is 252 g/mol. The summed E-state index contributed by atoms with van der Waals surface area (Å²) >= 11 is 3.91. The molecular formula is C12H12O4S. The van der Waals surface area contributed by atoms with Crippen LogP contribution in [0.4, 0.5) is 0 Å². The summed E-state index contributed by atoms with van der Waals surface area (Å²) in [6.07, 6.45) is -0.702. The molecule has 0 amide bonds. The molecule has 90 valence electrons. The number of hydrogen-bond donors (Lipinski definition) is 3. The van der Waals surface area contributed by atoms with Gasteiger partial charge in [0, 0.05) is 11.8 Å². The molecule has 0 radical (unpaired) electrons. The first-order valence-electron chi connectivity index (χ1n) is 5.12. The lowest BCUT2D eigenvalue weighted by Crippen LogP contribution is -2.19. The summed E-state index contributed by atoms with van der Waals surface area (Å²) in [7, 11) is 0. The van der Waals surface area contributed by atoms with E-state index in [4.69, 9.17) is 4.42 Å². The first-order valence-corrected chi connectivity index (χ1v) is 5.75. The fourth-order valence-corrected chi connectivity index (χ4v) is 1.81. The Bertz CT molecular complexity index is 578. The maximum absolute atomic E-state index is 11.6. The van der Waals surface area contributed by atoms with Gasteiger partial charge in [-0.25, -0.2) is 0 Å². The summed E-state index contributed by atoms with van der Waals surface area (Å²) in [6, 6.07) is 6.05. The van der Waals surface area contributed by atoms with Crippen LogP contribution < -0.4 is 5.43 Å². The highest BCUT2D eigenvalue weighted by atomic mass is 32.1. The quantitative estimate of drug-likeness (QED) is 0.716. The second-order valence-electron chi connectivity index (χ2n) is 3.74. The predicted molar refractivity (Wildman–Crippen MR) is 67.3 cm³/mol. The molecule has 4 nitrogen and oxygen atoms in total. The van der Waals surface area contributed by atoms with E-state index >= 15 is 0 Å². The summed E-state index contributed by atoms with van der Waals surface area (Å²) in [5, 5.41) is 19.7. The Balaban J connectivity index is 2.51. The molecule has 0 aliphatic carbocycles.